The van der Waals surface area contributed by atoms with Crippen LogP contribution in [0.2, 0.25) is 0 Å². The van der Waals surface area contributed by atoms with Crippen molar-refractivity contribution in [1.29, 1.82) is 0 Å². The third kappa shape index (κ3) is 4.43. The maximum absolute atomic E-state index is 12.5. The molecule has 0 aromatic heterocycles. The summed E-state index contributed by atoms with van der Waals surface area (Å²) in [6.07, 6.45) is 2.98. The smallest absolute Gasteiger partial charge is 0.221 e. The molecule has 0 atom stereocenters. The number of hydrogen-bond acceptors (Lipinski definition) is 4. The number of methoxy groups -OCH3 is 1. The summed E-state index contributed by atoms with van der Waals surface area (Å²) in [7, 11) is -1.85. The van der Waals surface area contributed by atoms with Crippen LogP contribution in [-0.4, -0.2) is 27.2 Å². The second-order valence-corrected chi connectivity index (χ2v) is 8.59. The van der Waals surface area contributed by atoms with Crippen LogP contribution in [0.5, 0.6) is 5.75 Å². The van der Waals surface area contributed by atoms with Gasteiger partial charge in [0, 0.05) is 13.0 Å². The Morgan fingerprint density at radius 3 is 2.54 bits per heavy atom. The highest BCUT2D eigenvalue weighted by molar-refractivity contribution is 7.91. The normalized spacial score (nSPS) is 13.3. The van der Waals surface area contributed by atoms with Crippen LogP contribution in [0.15, 0.2) is 47.4 Å². The van der Waals surface area contributed by atoms with Crippen LogP contribution in [0.1, 0.15) is 29.5 Å². The molecular formula is C20H23NO4S. The molecule has 1 N–H and O–H groups in total. The number of benzene rings is 2. The summed E-state index contributed by atoms with van der Waals surface area (Å²) < 4.78 is 30.1. The van der Waals surface area contributed by atoms with Crippen molar-refractivity contribution in [3.8, 4) is 5.75 Å². The quantitative estimate of drug-likeness (QED) is 0.810. The third-order valence-electron chi connectivity index (χ3n) is 4.68. The van der Waals surface area contributed by atoms with Gasteiger partial charge >= 0.3 is 0 Å². The molecule has 1 aliphatic rings. The van der Waals surface area contributed by atoms with E-state index in [2.05, 4.69) is 5.32 Å². The van der Waals surface area contributed by atoms with E-state index in [1.807, 2.05) is 30.3 Å². The zero-order chi connectivity index (χ0) is 18.6. The number of carbonyl (C=O) groups is 1. The number of amides is 1. The van der Waals surface area contributed by atoms with Gasteiger partial charge in [0.25, 0.3) is 0 Å². The molecule has 138 valence electrons. The number of sulfone groups is 1. The van der Waals surface area contributed by atoms with E-state index in [-0.39, 0.29) is 18.1 Å². The lowest BCUT2D eigenvalue weighted by atomic mass is 10.1. The lowest BCUT2D eigenvalue weighted by Crippen LogP contribution is -2.25. The Labute approximate surface area is 154 Å². The average Bonchev–Trinajstić information content (AvgIpc) is 3.13. The number of aryl methyl sites for hydroxylation is 2. The fourth-order valence-electron chi connectivity index (χ4n) is 3.12. The van der Waals surface area contributed by atoms with Gasteiger partial charge in [-0.2, -0.15) is 0 Å². The van der Waals surface area contributed by atoms with E-state index in [9.17, 15) is 13.2 Å². The van der Waals surface area contributed by atoms with Gasteiger partial charge in [-0.05, 0) is 60.2 Å². The predicted molar refractivity (Wildman–Crippen MR) is 100.0 cm³/mol. The molecule has 0 aliphatic heterocycles. The van der Waals surface area contributed by atoms with Gasteiger partial charge in [-0.1, -0.05) is 18.2 Å². The van der Waals surface area contributed by atoms with Crippen molar-refractivity contribution in [2.24, 2.45) is 0 Å². The van der Waals surface area contributed by atoms with E-state index < -0.39 is 9.84 Å². The fraction of sp³-hybridized carbons (Fsp3) is 0.350. The molecule has 0 bridgehead atoms. The molecule has 2 aromatic rings. The highest BCUT2D eigenvalue weighted by Crippen LogP contribution is 2.25. The summed E-state index contributed by atoms with van der Waals surface area (Å²) in [6.45, 7) is 0.363. The zero-order valence-electron chi connectivity index (χ0n) is 14.8. The highest BCUT2D eigenvalue weighted by Gasteiger charge is 2.19. The molecule has 3 rings (SSSR count). The fourth-order valence-corrected chi connectivity index (χ4v) is 4.41. The Morgan fingerprint density at radius 1 is 1.08 bits per heavy atom. The van der Waals surface area contributed by atoms with Crippen molar-refractivity contribution in [3.05, 3.63) is 59.2 Å². The minimum atomic E-state index is -3.45. The van der Waals surface area contributed by atoms with E-state index in [1.54, 1.807) is 19.2 Å². The van der Waals surface area contributed by atoms with Crippen molar-refractivity contribution < 1.29 is 17.9 Å². The van der Waals surface area contributed by atoms with Gasteiger partial charge in [0.2, 0.25) is 5.91 Å². The van der Waals surface area contributed by atoms with Gasteiger partial charge in [0.05, 0.1) is 17.8 Å². The maximum Gasteiger partial charge on any atom is 0.221 e. The molecule has 1 aliphatic carbocycles. The lowest BCUT2D eigenvalue weighted by molar-refractivity contribution is -0.120. The molecular weight excluding hydrogens is 350 g/mol. The van der Waals surface area contributed by atoms with Crippen LogP contribution in [0.4, 0.5) is 0 Å². The van der Waals surface area contributed by atoms with E-state index in [0.717, 1.165) is 36.1 Å². The molecule has 0 unspecified atom stereocenters. The predicted octanol–water partition coefficient (Wildman–Crippen LogP) is 2.66. The topological polar surface area (TPSA) is 72.5 Å². The Hall–Kier alpha value is -2.34. The molecule has 0 saturated heterocycles. The second-order valence-electron chi connectivity index (χ2n) is 6.48. The highest BCUT2D eigenvalue weighted by atomic mass is 32.2. The van der Waals surface area contributed by atoms with Crippen LogP contribution in [-0.2, 0) is 34.0 Å². The minimum absolute atomic E-state index is 0.0461. The van der Waals surface area contributed by atoms with Crippen LogP contribution < -0.4 is 10.1 Å². The SMILES string of the molecule is COc1ccc(CNC(=O)CCS(=O)(=O)c2ccc3c(c2)CCC3)cc1. The first-order valence-electron chi connectivity index (χ1n) is 8.72. The largest absolute Gasteiger partial charge is 0.497 e. The van der Waals surface area contributed by atoms with Gasteiger partial charge in [-0.25, -0.2) is 8.42 Å². The Kier molecular flexibility index (Phi) is 5.61. The number of nitrogens with one attached hydrogen (secondary N) is 1. The summed E-state index contributed by atoms with van der Waals surface area (Å²) >= 11 is 0. The van der Waals surface area contributed by atoms with Crippen molar-refractivity contribution in [1.82, 2.24) is 5.32 Å². The van der Waals surface area contributed by atoms with Gasteiger partial charge in [0.15, 0.2) is 9.84 Å². The van der Waals surface area contributed by atoms with E-state index >= 15 is 0 Å². The molecule has 0 saturated carbocycles. The first-order valence-corrected chi connectivity index (χ1v) is 10.4. The summed E-state index contributed by atoms with van der Waals surface area (Å²) in [5.74, 6) is 0.298. The van der Waals surface area contributed by atoms with Crippen LogP contribution in [0, 0.1) is 0 Å². The monoisotopic (exact) mass is 373 g/mol. The van der Waals surface area contributed by atoms with E-state index in [4.69, 9.17) is 4.74 Å². The number of hydrogen-bond donors (Lipinski definition) is 1. The van der Waals surface area contributed by atoms with Crippen LogP contribution in [0.25, 0.3) is 0 Å². The minimum Gasteiger partial charge on any atom is -0.497 e. The molecule has 1 amide bonds. The van der Waals surface area contributed by atoms with Gasteiger partial charge in [-0.15, -0.1) is 0 Å². The molecule has 2 aromatic carbocycles. The molecule has 0 radical (unpaired) electrons. The van der Waals surface area contributed by atoms with Crippen molar-refractivity contribution in [2.75, 3.05) is 12.9 Å². The standard InChI is InChI=1S/C20H23NO4S/c1-25-18-8-5-15(6-9-18)14-21-20(22)11-12-26(23,24)19-10-7-16-3-2-4-17(16)13-19/h5-10,13H,2-4,11-12,14H2,1H3,(H,21,22). The average molecular weight is 373 g/mol. The van der Waals surface area contributed by atoms with Crippen molar-refractivity contribution in [2.45, 2.75) is 37.1 Å². The lowest BCUT2D eigenvalue weighted by Gasteiger charge is -2.08. The number of rotatable bonds is 7. The molecule has 6 heteroatoms. The molecule has 26 heavy (non-hydrogen) atoms. The second kappa shape index (κ2) is 7.91. The third-order valence-corrected chi connectivity index (χ3v) is 6.39. The summed E-state index contributed by atoms with van der Waals surface area (Å²) in [6, 6.07) is 12.7. The molecule has 0 spiro atoms. The maximum atomic E-state index is 12.5. The molecule has 0 fully saturated rings. The van der Waals surface area contributed by atoms with Crippen LogP contribution >= 0.6 is 0 Å². The Bertz CT molecular complexity index is 889. The Balaban J connectivity index is 1.53. The van der Waals surface area contributed by atoms with Crippen molar-refractivity contribution >= 4 is 15.7 Å². The summed E-state index contributed by atoms with van der Waals surface area (Å²) in [4.78, 5) is 12.3. The van der Waals surface area contributed by atoms with Crippen LogP contribution in [0.3, 0.4) is 0 Å². The first kappa shape index (κ1) is 18.5. The summed E-state index contributed by atoms with van der Waals surface area (Å²) in [5.41, 5.74) is 3.29. The number of carbonyl (C=O) groups excluding carboxylic acids is 1. The van der Waals surface area contributed by atoms with Crippen molar-refractivity contribution in [3.63, 3.8) is 0 Å². The van der Waals surface area contributed by atoms with Gasteiger partial charge in [0.1, 0.15) is 5.75 Å². The Morgan fingerprint density at radius 2 is 1.81 bits per heavy atom. The van der Waals surface area contributed by atoms with Gasteiger partial charge < -0.3 is 10.1 Å². The van der Waals surface area contributed by atoms with E-state index in [1.165, 1.54) is 5.56 Å². The van der Waals surface area contributed by atoms with E-state index in [0.29, 0.717) is 11.4 Å². The zero-order valence-corrected chi connectivity index (χ0v) is 15.6. The summed E-state index contributed by atoms with van der Waals surface area (Å²) in [5, 5.41) is 2.76. The molecule has 5 nitrogen and oxygen atoms in total. The number of fused-ring (bicyclic) bond motifs is 1. The number of ether oxygens (including phenoxy) is 1. The molecule has 0 heterocycles. The van der Waals surface area contributed by atoms with Gasteiger partial charge in [-0.3, -0.25) is 4.79 Å². The first-order chi connectivity index (χ1) is 12.5.